The number of piperidine rings is 1. The topological polar surface area (TPSA) is 52.7 Å². The molecule has 2 rings (SSSR count). The zero-order valence-electron chi connectivity index (χ0n) is 12.3. The van der Waals surface area contributed by atoms with Crippen molar-refractivity contribution in [1.82, 2.24) is 15.1 Å². The predicted octanol–water partition coefficient (Wildman–Crippen LogP) is 2.32. The lowest BCUT2D eigenvalue weighted by atomic mass is 10.0. The zero-order valence-corrected chi connectivity index (χ0v) is 13.9. The van der Waals surface area contributed by atoms with E-state index in [-0.39, 0.29) is 18.0 Å². The Hall–Kier alpha value is -1.56. The molecule has 1 fully saturated rings. The number of carbonyl (C=O) groups excluding carboxylic acids is 2. The smallest absolute Gasteiger partial charge is 0.317 e. The second-order valence-corrected chi connectivity index (χ2v) is 6.33. The van der Waals surface area contributed by atoms with Crippen LogP contribution < -0.4 is 5.32 Å². The molecule has 0 atom stereocenters. The first kappa shape index (κ1) is 15.8. The van der Waals surface area contributed by atoms with Crippen molar-refractivity contribution in [3.8, 4) is 0 Å². The molecule has 0 saturated carbocycles. The standard InChI is InChI=1S/C15H20BrN3O2/c1-18(2)15(21)17-13-7-9-19(10-8-13)14(20)11-3-5-12(16)6-4-11/h3-6,13H,7-10H2,1-2H3,(H,17,21). The van der Waals surface area contributed by atoms with Gasteiger partial charge >= 0.3 is 6.03 Å². The Kier molecular flexibility index (Phi) is 5.22. The molecule has 1 aromatic carbocycles. The van der Waals surface area contributed by atoms with Crippen molar-refractivity contribution in [3.05, 3.63) is 34.3 Å². The van der Waals surface area contributed by atoms with Crippen LogP contribution in [0, 0.1) is 0 Å². The van der Waals surface area contributed by atoms with E-state index in [1.807, 2.05) is 29.2 Å². The van der Waals surface area contributed by atoms with Gasteiger partial charge in [-0.1, -0.05) is 15.9 Å². The molecule has 1 N–H and O–H groups in total. The van der Waals surface area contributed by atoms with Crippen LogP contribution in [0.25, 0.3) is 0 Å². The summed E-state index contributed by atoms with van der Waals surface area (Å²) < 4.78 is 0.962. The second-order valence-electron chi connectivity index (χ2n) is 5.42. The van der Waals surface area contributed by atoms with E-state index in [0.29, 0.717) is 18.7 Å². The lowest BCUT2D eigenvalue weighted by Crippen LogP contribution is -2.48. The summed E-state index contributed by atoms with van der Waals surface area (Å²) in [6.07, 6.45) is 1.59. The summed E-state index contributed by atoms with van der Waals surface area (Å²) in [5.74, 6) is 0.0555. The first-order chi connectivity index (χ1) is 9.97. The quantitative estimate of drug-likeness (QED) is 0.886. The van der Waals surface area contributed by atoms with Crippen LogP contribution in [0.4, 0.5) is 4.79 Å². The maximum atomic E-state index is 12.4. The molecule has 3 amide bonds. The molecule has 0 bridgehead atoms. The van der Waals surface area contributed by atoms with E-state index >= 15 is 0 Å². The van der Waals surface area contributed by atoms with Gasteiger partial charge in [-0.3, -0.25) is 4.79 Å². The summed E-state index contributed by atoms with van der Waals surface area (Å²) in [6, 6.07) is 7.47. The first-order valence-corrected chi connectivity index (χ1v) is 7.79. The van der Waals surface area contributed by atoms with Crippen LogP contribution in [-0.4, -0.2) is 55.0 Å². The van der Waals surface area contributed by atoms with Crippen molar-refractivity contribution in [1.29, 1.82) is 0 Å². The van der Waals surface area contributed by atoms with E-state index in [1.54, 1.807) is 14.1 Å². The molecule has 1 aliphatic rings. The molecule has 1 saturated heterocycles. The SMILES string of the molecule is CN(C)C(=O)NC1CCN(C(=O)c2ccc(Br)cc2)CC1. The number of carbonyl (C=O) groups is 2. The van der Waals surface area contributed by atoms with Crippen molar-refractivity contribution in [2.75, 3.05) is 27.2 Å². The molecular formula is C15H20BrN3O2. The highest BCUT2D eigenvalue weighted by molar-refractivity contribution is 9.10. The lowest BCUT2D eigenvalue weighted by molar-refractivity contribution is 0.0707. The molecule has 1 aromatic rings. The molecule has 114 valence electrons. The summed E-state index contributed by atoms with van der Waals surface area (Å²) in [4.78, 5) is 27.3. The van der Waals surface area contributed by atoms with Crippen LogP contribution in [0.5, 0.6) is 0 Å². The average Bonchev–Trinajstić information content (AvgIpc) is 2.48. The summed E-state index contributed by atoms with van der Waals surface area (Å²) in [7, 11) is 3.45. The number of urea groups is 1. The summed E-state index contributed by atoms with van der Waals surface area (Å²) in [5, 5.41) is 2.97. The van der Waals surface area contributed by atoms with Crippen LogP contribution in [0.1, 0.15) is 23.2 Å². The molecular weight excluding hydrogens is 334 g/mol. The number of likely N-dealkylation sites (tertiary alicyclic amines) is 1. The van der Waals surface area contributed by atoms with Gasteiger partial charge in [0.05, 0.1) is 0 Å². The molecule has 5 nitrogen and oxygen atoms in total. The zero-order chi connectivity index (χ0) is 15.4. The van der Waals surface area contributed by atoms with E-state index in [9.17, 15) is 9.59 Å². The van der Waals surface area contributed by atoms with Crippen molar-refractivity contribution in [2.45, 2.75) is 18.9 Å². The van der Waals surface area contributed by atoms with Crippen molar-refractivity contribution >= 4 is 27.9 Å². The third-order valence-electron chi connectivity index (χ3n) is 3.61. The van der Waals surface area contributed by atoms with Crippen molar-refractivity contribution < 1.29 is 9.59 Å². The number of benzene rings is 1. The molecule has 1 heterocycles. The van der Waals surface area contributed by atoms with E-state index in [1.165, 1.54) is 4.90 Å². The summed E-state index contributed by atoms with van der Waals surface area (Å²) in [6.45, 7) is 1.35. The van der Waals surface area contributed by atoms with Gasteiger partial charge in [0.25, 0.3) is 5.91 Å². The minimum atomic E-state index is -0.0762. The fraction of sp³-hybridized carbons (Fsp3) is 0.467. The number of nitrogens with zero attached hydrogens (tertiary/aromatic N) is 2. The Balaban J connectivity index is 1.87. The van der Waals surface area contributed by atoms with E-state index in [0.717, 1.165) is 17.3 Å². The molecule has 0 spiro atoms. The maximum absolute atomic E-state index is 12.4. The minimum absolute atomic E-state index is 0.0555. The molecule has 0 unspecified atom stereocenters. The molecule has 21 heavy (non-hydrogen) atoms. The second kappa shape index (κ2) is 6.93. The average molecular weight is 354 g/mol. The number of halogens is 1. The summed E-state index contributed by atoms with van der Waals surface area (Å²) in [5.41, 5.74) is 0.703. The molecule has 0 radical (unpaired) electrons. The van der Waals surface area contributed by atoms with Crippen molar-refractivity contribution in [3.63, 3.8) is 0 Å². The van der Waals surface area contributed by atoms with Crippen LogP contribution in [-0.2, 0) is 0 Å². The van der Waals surface area contributed by atoms with Crippen LogP contribution >= 0.6 is 15.9 Å². The number of rotatable bonds is 2. The fourth-order valence-electron chi connectivity index (χ4n) is 2.31. The van der Waals surface area contributed by atoms with Crippen LogP contribution in [0.2, 0.25) is 0 Å². The highest BCUT2D eigenvalue weighted by Gasteiger charge is 2.24. The van der Waals surface area contributed by atoms with E-state index < -0.39 is 0 Å². The van der Waals surface area contributed by atoms with Gasteiger partial charge in [-0.05, 0) is 37.1 Å². The van der Waals surface area contributed by atoms with Gasteiger partial charge in [0.2, 0.25) is 0 Å². The Morgan fingerprint density at radius 2 is 1.76 bits per heavy atom. The lowest BCUT2D eigenvalue weighted by Gasteiger charge is -2.33. The van der Waals surface area contributed by atoms with Gasteiger partial charge in [0, 0.05) is 43.3 Å². The van der Waals surface area contributed by atoms with Crippen LogP contribution in [0.15, 0.2) is 28.7 Å². The van der Waals surface area contributed by atoms with Crippen LogP contribution in [0.3, 0.4) is 0 Å². The normalized spacial score (nSPS) is 15.7. The highest BCUT2D eigenvalue weighted by Crippen LogP contribution is 2.16. The van der Waals surface area contributed by atoms with Gasteiger partial charge < -0.3 is 15.1 Å². The number of hydrogen-bond donors (Lipinski definition) is 1. The van der Waals surface area contributed by atoms with Gasteiger partial charge in [0.1, 0.15) is 0 Å². The minimum Gasteiger partial charge on any atom is -0.338 e. The third-order valence-corrected chi connectivity index (χ3v) is 4.14. The van der Waals surface area contributed by atoms with E-state index in [2.05, 4.69) is 21.2 Å². The Labute approximate surface area is 133 Å². The van der Waals surface area contributed by atoms with Gasteiger partial charge in [0.15, 0.2) is 0 Å². The van der Waals surface area contributed by atoms with Crippen molar-refractivity contribution in [2.24, 2.45) is 0 Å². The van der Waals surface area contributed by atoms with Gasteiger partial charge in [-0.25, -0.2) is 4.79 Å². The van der Waals surface area contributed by atoms with E-state index in [4.69, 9.17) is 0 Å². The molecule has 0 aliphatic carbocycles. The summed E-state index contributed by atoms with van der Waals surface area (Å²) >= 11 is 3.36. The predicted molar refractivity (Wildman–Crippen MR) is 85.3 cm³/mol. The Morgan fingerprint density at radius 1 is 1.19 bits per heavy atom. The number of nitrogens with one attached hydrogen (secondary N) is 1. The third kappa shape index (κ3) is 4.20. The monoisotopic (exact) mass is 353 g/mol. The number of amides is 3. The Morgan fingerprint density at radius 3 is 2.29 bits per heavy atom. The highest BCUT2D eigenvalue weighted by atomic mass is 79.9. The first-order valence-electron chi connectivity index (χ1n) is 7.00. The largest absolute Gasteiger partial charge is 0.338 e. The molecule has 1 aliphatic heterocycles. The Bertz CT molecular complexity index is 508. The maximum Gasteiger partial charge on any atom is 0.317 e. The molecule has 6 heteroatoms. The number of hydrogen-bond acceptors (Lipinski definition) is 2. The van der Waals surface area contributed by atoms with Gasteiger partial charge in [-0.2, -0.15) is 0 Å². The molecule has 0 aromatic heterocycles. The van der Waals surface area contributed by atoms with Gasteiger partial charge in [-0.15, -0.1) is 0 Å². The fourth-order valence-corrected chi connectivity index (χ4v) is 2.57.